The zero-order valence-corrected chi connectivity index (χ0v) is 5.64. The van der Waals surface area contributed by atoms with Crippen LogP contribution in [0, 0.1) is 11.3 Å². The third-order valence-corrected chi connectivity index (χ3v) is 1.03. The van der Waals surface area contributed by atoms with Crippen LogP contribution in [0.25, 0.3) is 0 Å². The van der Waals surface area contributed by atoms with Gasteiger partial charge in [-0.25, -0.2) is 0 Å². The Morgan fingerprint density at radius 1 is 1.78 bits per heavy atom. The zero-order chi connectivity index (χ0) is 7.28. The third kappa shape index (κ3) is 2.09. The van der Waals surface area contributed by atoms with Crippen molar-refractivity contribution in [1.82, 2.24) is 0 Å². The predicted octanol–water partition coefficient (Wildman–Crippen LogP) is 1.44. The van der Waals surface area contributed by atoms with E-state index >= 15 is 0 Å². The number of hydrogen-bond acceptors (Lipinski definition) is 2. The van der Waals surface area contributed by atoms with Crippen LogP contribution in [-0.4, -0.2) is 5.78 Å². The van der Waals surface area contributed by atoms with Gasteiger partial charge < -0.3 is 0 Å². The summed E-state index contributed by atoms with van der Waals surface area (Å²) in [5.74, 6) is -0.0833. The van der Waals surface area contributed by atoms with E-state index in [4.69, 9.17) is 5.26 Å². The van der Waals surface area contributed by atoms with Gasteiger partial charge >= 0.3 is 0 Å². The number of Topliss-reactive ketones (excluding diaryl/α,β-unsaturated/α-hetero) is 1. The standard InChI is InChI=1S/C7H9NO/c1-3-6(5-8)7(9)4-2/h3H,4H2,1-2H3/b6-3-. The highest BCUT2D eigenvalue weighted by molar-refractivity contribution is 5.98. The average Bonchev–Trinajstić information content (AvgIpc) is 1.90. The first-order valence-electron chi connectivity index (χ1n) is 2.85. The van der Waals surface area contributed by atoms with Crippen molar-refractivity contribution in [2.75, 3.05) is 0 Å². The Morgan fingerprint density at radius 3 is 2.44 bits per heavy atom. The van der Waals surface area contributed by atoms with Crippen LogP contribution in [0.15, 0.2) is 11.6 Å². The van der Waals surface area contributed by atoms with E-state index < -0.39 is 0 Å². The lowest BCUT2D eigenvalue weighted by molar-refractivity contribution is -0.114. The van der Waals surface area contributed by atoms with Gasteiger partial charge in [-0.05, 0) is 6.92 Å². The molecule has 0 saturated carbocycles. The second kappa shape index (κ2) is 3.85. The van der Waals surface area contributed by atoms with Crippen molar-refractivity contribution in [3.8, 4) is 6.07 Å². The molecular weight excluding hydrogens is 114 g/mol. The monoisotopic (exact) mass is 123 g/mol. The van der Waals surface area contributed by atoms with Gasteiger partial charge in [0.25, 0.3) is 0 Å². The van der Waals surface area contributed by atoms with Crippen LogP contribution in [0.4, 0.5) is 0 Å². The van der Waals surface area contributed by atoms with Crippen molar-refractivity contribution in [1.29, 1.82) is 5.26 Å². The lowest BCUT2D eigenvalue weighted by atomic mass is 10.1. The molecule has 0 rings (SSSR count). The Bertz CT molecular complexity index is 174. The summed E-state index contributed by atoms with van der Waals surface area (Å²) in [5, 5.41) is 8.29. The molecule has 0 N–H and O–H groups in total. The molecule has 48 valence electrons. The van der Waals surface area contributed by atoms with Crippen LogP contribution >= 0.6 is 0 Å². The van der Waals surface area contributed by atoms with E-state index in [-0.39, 0.29) is 11.4 Å². The van der Waals surface area contributed by atoms with Crippen LogP contribution in [-0.2, 0) is 4.79 Å². The fourth-order valence-corrected chi connectivity index (χ4v) is 0.478. The zero-order valence-electron chi connectivity index (χ0n) is 5.64. The molecule has 9 heavy (non-hydrogen) atoms. The number of allylic oxidation sites excluding steroid dienone is 2. The van der Waals surface area contributed by atoms with Crippen molar-refractivity contribution in [3.05, 3.63) is 11.6 Å². The second-order valence-corrected chi connectivity index (χ2v) is 1.59. The Labute approximate surface area is 54.8 Å². The van der Waals surface area contributed by atoms with Gasteiger partial charge in [-0.2, -0.15) is 5.26 Å². The summed E-state index contributed by atoms with van der Waals surface area (Å²) in [6, 6.07) is 1.81. The molecule has 0 aromatic carbocycles. The van der Waals surface area contributed by atoms with E-state index in [0.29, 0.717) is 6.42 Å². The van der Waals surface area contributed by atoms with Gasteiger partial charge in [-0.3, -0.25) is 4.79 Å². The van der Waals surface area contributed by atoms with Crippen LogP contribution in [0.5, 0.6) is 0 Å². The van der Waals surface area contributed by atoms with Crippen LogP contribution in [0.2, 0.25) is 0 Å². The molecule has 0 atom stereocenters. The number of nitriles is 1. The lowest BCUT2D eigenvalue weighted by Crippen LogP contribution is -1.96. The molecule has 0 aliphatic heterocycles. The lowest BCUT2D eigenvalue weighted by Gasteiger charge is -1.88. The van der Waals surface area contributed by atoms with E-state index in [1.54, 1.807) is 13.8 Å². The molecule has 0 saturated heterocycles. The molecule has 0 unspecified atom stereocenters. The smallest absolute Gasteiger partial charge is 0.172 e. The predicted molar refractivity (Wildman–Crippen MR) is 34.7 cm³/mol. The van der Waals surface area contributed by atoms with Gasteiger partial charge in [-0.1, -0.05) is 13.0 Å². The Kier molecular flexibility index (Phi) is 3.38. The van der Waals surface area contributed by atoms with E-state index in [1.165, 1.54) is 6.08 Å². The molecule has 2 heteroatoms. The van der Waals surface area contributed by atoms with Crippen molar-refractivity contribution in [2.45, 2.75) is 20.3 Å². The molecule has 0 fully saturated rings. The molecule has 0 aliphatic carbocycles. The highest BCUT2D eigenvalue weighted by Crippen LogP contribution is 1.96. The summed E-state index contributed by atoms with van der Waals surface area (Å²) in [6.07, 6.45) is 1.94. The summed E-state index contributed by atoms with van der Waals surface area (Å²) in [5.41, 5.74) is 0.262. The van der Waals surface area contributed by atoms with Gasteiger partial charge in [0.1, 0.15) is 6.07 Å². The summed E-state index contributed by atoms with van der Waals surface area (Å²) < 4.78 is 0. The minimum atomic E-state index is -0.0833. The molecule has 0 amide bonds. The molecule has 0 aromatic heterocycles. The highest BCUT2D eigenvalue weighted by atomic mass is 16.1. The molecule has 0 aliphatic rings. The maximum absolute atomic E-state index is 10.7. The first-order chi connectivity index (χ1) is 4.26. The van der Waals surface area contributed by atoms with Gasteiger partial charge in [0.15, 0.2) is 5.78 Å². The molecule has 0 radical (unpaired) electrons. The van der Waals surface area contributed by atoms with E-state index in [0.717, 1.165) is 0 Å². The van der Waals surface area contributed by atoms with Crippen molar-refractivity contribution in [3.63, 3.8) is 0 Å². The first-order valence-corrected chi connectivity index (χ1v) is 2.85. The summed E-state index contributed by atoms with van der Waals surface area (Å²) >= 11 is 0. The average molecular weight is 123 g/mol. The quantitative estimate of drug-likeness (QED) is 0.411. The largest absolute Gasteiger partial charge is 0.293 e. The molecule has 0 spiro atoms. The molecule has 0 heterocycles. The number of ketones is 1. The number of carbonyl (C=O) groups excluding carboxylic acids is 1. The number of nitrogens with zero attached hydrogens (tertiary/aromatic N) is 1. The second-order valence-electron chi connectivity index (χ2n) is 1.59. The molecule has 2 nitrogen and oxygen atoms in total. The third-order valence-electron chi connectivity index (χ3n) is 1.03. The number of rotatable bonds is 2. The fraction of sp³-hybridized carbons (Fsp3) is 0.429. The van der Waals surface area contributed by atoms with E-state index in [2.05, 4.69) is 0 Å². The molecular formula is C7H9NO. The highest BCUT2D eigenvalue weighted by Gasteiger charge is 2.01. The maximum Gasteiger partial charge on any atom is 0.172 e. The van der Waals surface area contributed by atoms with E-state index in [1.807, 2.05) is 6.07 Å². The van der Waals surface area contributed by atoms with Crippen LogP contribution < -0.4 is 0 Å². The topological polar surface area (TPSA) is 40.9 Å². The van der Waals surface area contributed by atoms with Crippen LogP contribution in [0.3, 0.4) is 0 Å². The first kappa shape index (κ1) is 7.90. The Balaban J connectivity index is 4.19. The van der Waals surface area contributed by atoms with Crippen molar-refractivity contribution in [2.24, 2.45) is 0 Å². The maximum atomic E-state index is 10.7. The normalized spacial score (nSPS) is 10.6. The van der Waals surface area contributed by atoms with Gasteiger partial charge in [0.05, 0.1) is 5.57 Å². The minimum absolute atomic E-state index is 0.0833. The Morgan fingerprint density at radius 2 is 2.33 bits per heavy atom. The van der Waals surface area contributed by atoms with Crippen molar-refractivity contribution >= 4 is 5.78 Å². The summed E-state index contributed by atoms with van der Waals surface area (Å²) in [7, 11) is 0. The SMILES string of the molecule is C/C=C(/C#N)C(=O)CC. The van der Waals surface area contributed by atoms with Gasteiger partial charge in [-0.15, -0.1) is 0 Å². The Hall–Kier alpha value is -1.10. The number of carbonyl (C=O) groups is 1. The van der Waals surface area contributed by atoms with Crippen LogP contribution in [0.1, 0.15) is 20.3 Å². The summed E-state index contributed by atoms with van der Waals surface area (Å²) in [4.78, 5) is 10.7. The van der Waals surface area contributed by atoms with Gasteiger partial charge in [0.2, 0.25) is 0 Å². The minimum Gasteiger partial charge on any atom is -0.293 e. The summed E-state index contributed by atoms with van der Waals surface area (Å²) in [6.45, 7) is 3.43. The molecule has 0 aromatic rings. The molecule has 0 bridgehead atoms. The fourth-order valence-electron chi connectivity index (χ4n) is 0.478. The van der Waals surface area contributed by atoms with E-state index in [9.17, 15) is 4.79 Å². The number of hydrogen-bond donors (Lipinski definition) is 0. The van der Waals surface area contributed by atoms with Gasteiger partial charge in [0, 0.05) is 6.42 Å². The van der Waals surface area contributed by atoms with Crippen molar-refractivity contribution < 1.29 is 4.79 Å².